The van der Waals surface area contributed by atoms with E-state index >= 15 is 0 Å². The van der Waals surface area contributed by atoms with E-state index in [1.54, 1.807) is 14.1 Å². The van der Waals surface area contributed by atoms with Gasteiger partial charge in [0.05, 0.1) is 5.92 Å². The third-order valence-corrected chi connectivity index (χ3v) is 2.26. The lowest BCUT2D eigenvalue weighted by Gasteiger charge is -2.25. The summed E-state index contributed by atoms with van der Waals surface area (Å²) in [6.45, 7) is 2.46. The smallest absolute Gasteiger partial charge is 0.316 e. The fourth-order valence-electron chi connectivity index (χ4n) is 1.13. The summed E-state index contributed by atoms with van der Waals surface area (Å²) >= 11 is 0. The van der Waals surface area contributed by atoms with Crippen molar-refractivity contribution >= 4 is 11.9 Å². The first-order valence-electron chi connectivity index (χ1n) is 5.05. The molecule has 0 aromatic rings. The highest BCUT2D eigenvalue weighted by Crippen LogP contribution is 2.01. The maximum Gasteiger partial charge on any atom is 0.316 e. The predicted octanol–water partition coefficient (Wildman–Crippen LogP) is -1.41. The van der Waals surface area contributed by atoms with E-state index in [9.17, 15) is 9.59 Å². The summed E-state index contributed by atoms with van der Waals surface area (Å²) in [5.41, 5.74) is 0. The van der Waals surface area contributed by atoms with Gasteiger partial charge in [-0.25, -0.2) is 4.79 Å². The molecule has 0 aromatic heterocycles. The lowest BCUT2D eigenvalue weighted by atomic mass is 10.0. The van der Waals surface area contributed by atoms with Crippen LogP contribution in [0.1, 0.15) is 0 Å². The number of hydrogen-bond donors (Lipinski definition) is 3. The number of nitrogens with one attached hydrogen (secondary N) is 3. The van der Waals surface area contributed by atoms with Crippen molar-refractivity contribution in [2.75, 3.05) is 40.3 Å². The van der Waals surface area contributed by atoms with Gasteiger partial charge in [-0.2, -0.15) is 0 Å². The molecule has 0 aromatic carbocycles. The molecule has 15 heavy (non-hydrogen) atoms. The van der Waals surface area contributed by atoms with Gasteiger partial charge in [-0.15, -0.1) is 0 Å². The number of amides is 3. The quantitative estimate of drug-likeness (QED) is 0.504. The van der Waals surface area contributed by atoms with Crippen molar-refractivity contribution in [3.05, 3.63) is 0 Å². The molecule has 6 heteroatoms. The Morgan fingerprint density at radius 3 is 2.33 bits per heavy atom. The molecule has 0 unspecified atom stereocenters. The van der Waals surface area contributed by atoms with Gasteiger partial charge in [0.15, 0.2) is 0 Å². The van der Waals surface area contributed by atoms with Gasteiger partial charge >= 0.3 is 6.03 Å². The molecule has 1 aliphatic rings. The molecular formula is C9H18N4O2. The highest BCUT2D eigenvalue weighted by molar-refractivity contribution is 5.80. The summed E-state index contributed by atoms with van der Waals surface area (Å²) in [5, 5.41) is 8.46. The number of carbonyl (C=O) groups is 2. The fourth-order valence-corrected chi connectivity index (χ4v) is 1.13. The molecule has 0 aliphatic carbocycles. The molecule has 3 amide bonds. The molecule has 0 atom stereocenters. The van der Waals surface area contributed by atoms with Crippen molar-refractivity contribution in [1.82, 2.24) is 20.9 Å². The number of rotatable bonds is 4. The van der Waals surface area contributed by atoms with Crippen LogP contribution in [0.15, 0.2) is 0 Å². The third kappa shape index (κ3) is 3.75. The minimum Gasteiger partial charge on any atom is -0.354 e. The molecule has 1 aliphatic heterocycles. The van der Waals surface area contributed by atoms with E-state index in [1.807, 2.05) is 0 Å². The van der Waals surface area contributed by atoms with Crippen LogP contribution in [0.25, 0.3) is 0 Å². The minimum absolute atomic E-state index is 0.0628. The average Bonchev–Trinajstić information content (AvgIpc) is 2.08. The molecule has 1 rings (SSSR count). The standard InChI is InChI=1S/C9H18N4O2/c1-13(2)9(15)12-4-3-11-8(14)7-5-10-6-7/h7,10H,3-6H2,1-2H3,(H,11,14)(H,12,15). The van der Waals surface area contributed by atoms with E-state index in [2.05, 4.69) is 16.0 Å². The van der Waals surface area contributed by atoms with Crippen molar-refractivity contribution in [2.45, 2.75) is 0 Å². The Labute approximate surface area is 89.4 Å². The van der Waals surface area contributed by atoms with Crippen LogP contribution in [0.3, 0.4) is 0 Å². The van der Waals surface area contributed by atoms with Crippen molar-refractivity contribution in [3.63, 3.8) is 0 Å². The van der Waals surface area contributed by atoms with Crippen LogP contribution in [0.2, 0.25) is 0 Å². The summed E-state index contributed by atoms with van der Waals surface area (Å²) < 4.78 is 0. The Kier molecular flexibility index (Phi) is 4.36. The van der Waals surface area contributed by atoms with Crippen molar-refractivity contribution in [3.8, 4) is 0 Å². The zero-order valence-corrected chi connectivity index (χ0v) is 9.17. The zero-order valence-electron chi connectivity index (χ0n) is 9.17. The SMILES string of the molecule is CN(C)C(=O)NCCNC(=O)C1CNC1. The molecule has 0 radical (unpaired) electrons. The van der Waals surface area contributed by atoms with Gasteiger partial charge in [-0.05, 0) is 0 Å². The van der Waals surface area contributed by atoms with Gasteiger partial charge in [0, 0.05) is 40.3 Å². The normalized spacial score (nSPS) is 15.3. The fraction of sp³-hybridized carbons (Fsp3) is 0.778. The first kappa shape index (κ1) is 11.8. The van der Waals surface area contributed by atoms with Gasteiger partial charge in [0.2, 0.25) is 5.91 Å². The van der Waals surface area contributed by atoms with Gasteiger partial charge in [0.25, 0.3) is 0 Å². The predicted molar refractivity (Wildman–Crippen MR) is 56.5 cm³/mol. The maximum atomic E-state index is 11.3. The highest BCUT2D eigenvalue weighted by atomic mass is 16.2. The van der Waals surface area contributed by atoms with Crippen LogP contribution in [0.5, 0.6) is 0 Å². The molecule has 86 valence electrons. The van der Waals surface area contributed by atoms with E-state index in [1.165, 1.54) is 4.90 Å². The van der Waals surface area contributed by atoms with Crippen LogP contribution in [-0.2, 0) is 4.79 Å². The van der Waals surface area contributed by atoms with Crippen molar-refractivity contribution in [2.24, 2.45) is 5.92 Å². The molecule has 6 nitrogen and oxygen atoms in total. The van der Waals surface area contributed by atoms with Gasteiger partial charge < -0.3 is 20.9 Å². The lowest BCUT2D eigenvalue weighted by molar-refractivity contribution is -0.126. The largest absolute Gasteiger partial charge is 0.354 e. The van der Waals surface area contributed by atoms with Crippen LogP contribution >= 0.6 is 0 Å². The van der Waals surface area contributed by atoms with Gasteiger partial charge in [0.1, 0.15) is 0 Å². The van der Waals surface area contributed by atoms with Crippen LogP contribution in [-0.4, -0.2) is 57.1 Å². The molecule has 1 fully saturated rings. The van der Waals surface area contributed by atoms with Gasteiger partial charge in [-0.1, -0.05) is 0 Å². The molecule has 1 heterocycles. The molecule has 0 saturated carbocycles. The Morgan fingerprint density at radius 2 is 1.87 bits per heavy atom. The molecule has 3 N–H and O–H groups in total. The molecule has 0 bridgehead atoms. The monoisotopic (exact) mass is 214 g/mol. The molecule has 1 saturated heterocycles. The van der Waals surface area contributed by atoms with E-state index in [4.69, 9.17) is 0 Å². The van der Waals surface area contributed by atoms with Crippen LogP contribution < -0.4 is 16.0 Å². The lowest BCUT2D eigenvalue weighted by Crippen LogP contribution is -2.51. The Bertz CT molecular complexity index is 238. The average molecular weight is 214 g/mol. The molecular weight excluding hydrogens is 196 g/mol. The second kappa shape index (κ2) is 5.55. The number of carbonyl (C=O) groups excluding carboxylic acids is 2. The van der Waals surface area contributed by atoms with Crippen LogP contribution in [0.4, 0.5) is 4.79 Å². The van der Waals surface area contributed by atoms with Crippen molar-refractivity contribution < 1.29 is 9.59 Å². The number of hydrogen-bond acceptors (Lipinski definition) is 3. The highest BCUT2D eigenvalue weighted by Gasteiger charge is 2.23. The Morgan fingerprint density at radius 1 is 1.27 bits per heavy atom. The summed E-state index contributed by atoms with van der Waals surface area (Å²) in [5.74, 6) is 0.169. The number of nitrogens with zero attached hydrogens (tertiary/aromatic N) is 1. The minimum atomic E-state index is -0.144. The first-order valence-corrected chi connectivity index (χ1v) is 5.05. The summed E-state index contributed by atoms with van der Waals surface area (Å²) in [6.07, 6.45) is 0. The van der Waals surface area contributed by atoms with E-state index in [0.717, 1.165) is 13.1 Å². The Balaban J connectivity index is 2.01. The zero-order chi connectivity index (χ0) is 11.3. The van der Waals surface area contributed by atoms with E-state index in [0.29, 0.717) is 13.1 Å². The van der Waals surface area contributed by atoms with Crippen LogP contribution in [0, 0.1) is 5.92 Å². The molecule has 0 spiro atoms. The summed E-state index contributed by atoms with van der Waals surface area (Å²) in [6, 6.07) is -0.144. The Hall–Kier alpha value is -1.30. The summed E-state index contributed by atoms with van der Waals surface area (Å²) in [4.78, 5) is 23.9. The second-order valence-electron chi connectivity index (χ2n) is 3.77. The van der Waals surface area contributed by atoms with Gasteiger partial charge in [-0.3, -0.25) is 4.79 Å². The third-order valence-electron chi connectivity index (χ3n) is 2.26. The topological polar surface area (TPSA) is 73.5 Å². The second-order valence-corrected chi connectivity index (χ2v) is 3.77. The van der Waals surface area contributed by atoms with Crippen molar-refractivity contribution in [1.29, 1.82) is 0 Å². The van der Waals surface area contributed by atoms with E-state index in [-0.39, 0.29) is 17.9 Å². The maximum absolute atomic E-state index is 11.3. The first-order chi connectivity index (χ1) is 7.11. The van der Waals surface area contributed by atoms with E-state index < -0.39 is 0 Å². The number of urea groups is 1. The summed E-state index contributed by atoms with van der Waals surface area (Å²) in [7, 11) is 3.35.